The molecule has 0 N–H and O–H groups in total. The topological polar surface area (TPSA) is 52.1 Å². The van der Waals surface area contributed by atoms with Gasteiger partial charge in [0.2, 0.25) is 0 Å². The van der Waals surface area contributed by atoms with Crippen molar-refractivity contribution in [3.63, 3.8) is 0 Å². The van der Waals surface area contributed by atoms with Crippen LogP contribution in [0.15, 0.2) is 24.5 Å². The van der Waals surface area contributed by atoms with Gasteiger partial charge in [-0.15, -0.1) is 0 Å². The van der Waals surface area contributed by atoms with Crippen molar-refractivity contribution in [1.82, 2.24) is 9.97 Å². The SMILES string of the molecule is COC(=O)c1ncnc(-c2ccc(Cl)cc2Cl)c1F. The Morgan fingerprint density at radius 2 is 2.05 bits per heavy atom. The number of hydrogen-bond acceptors (Lipinski definition) is 4. The van der Waals surface area contributed by atoms with E-state index in [-0.39, 0.29) is 10.7 Å². The minimum Gasteiger partial charge on any atom is -0.464 e. The third kappa shape index (κ3) is 2.67. The second kappa shape index (κ2) is 5.50. The molecular weight excluding hydrogens is 294 g/mol. The second-order valence-electron chi connectivity index (χ2n) is 3.50. The van der Waals surface area contributed by atoms with Crippen LogP contribution in [0.2, 0.25) is 10.0 Å². The number of aromatic nitrogens is 2. The van der Waals surface area contributed by atoms with E-state index >= 15 is 0 Å². The Balaban J connectivity index is 2.60. The van der Waals surface area contributed by atoms with Crippen molar-refractivity contribution in [2.45, 2.75) is 0 Å². The molecule has 0 saturated heterocycles. The molecule has 0 atom stereocenters. The van der Waals surface area contributed by atoms with E-state index < -0.39 is 17.5 Å². The molecule has 19 heavy (non-hydrogen) atoms. The smallest absolute Gasteiger partial charge is 0.359 e. The van der Waals surface area contributed by atoms with Gasteiger partial charge in [0.25, 0.3) is 0 Å². The maximum atomic E-state index is 14.2. The highest BCUT2D eigenvalue weighted by Crippen LogP contribution is 2.31. The summed E-state index contributed by atoms with van der Waals surface area (Å²) in [4.78, 5) is 18.7. The van der Waals surface area contributed by atoms with E-state index in [2.05, 4.69) is 14.7 Å². The van der Waals surface area contributed by atoms with Gasteiger partial charge in [-0.05, 0) is 18.2 Å². The maximum Gasteiger partial charge on any atom is 0.359 e. The van der Waals surface area contributed by atoms with Crippen molar-refractivity contribution in [3.05, 3.63) is 46.1 Å². The average Bonchev–Trinajstić information content (AvgIpc) is 2.39. The van der Waals surface area contributed by atoms with Crippen molar-refractivity contribution >= 4 is 29.2 Å². The number of carbonyl (C=O) groups is 1. The van der Waals surface area contributed by atoms with Gasteiger partial charge in [0, 0.05) is 10.6 Å². The van der Waals surface area contributed by atoms with Crippen LogP contribution in [0.25, 0.3) is 11.3 Å². The molecule has 2 aromatic rings. The first kappa shape index (κ1) is 13.7. The molecule has 0 saturated carbocycles. The molecule has 0 radical (unpaired) electrons. The van der Waals surface area contributed by atoms with Crippen LogP contribution in [-0.2, 0) is 4.74 Å². The Morgan fingerprint density at radius 3 is 2.68 bits per heavy atom. The summed E-state index contributed by atoms with van der Waals surface area (Å²) < 4.78 is 18.6. The van der Waals surface area contributed by atoms with Crippen molar-refractivity contribution in [2.24, 2.45) is 0 Å². The molecule has 2 rings (SSSR count). The molecule has 0 aliphatic heterocycles. The first-order valence-electron chi connectivity index (χ1n) is 5.09. The maximum absolute atomic E-state index is 14.2. The number of rotatable bonds is 2. The van der Waals surface area contributed by atoms with E-state index in [9.17, 15) is 9.18 Å². The Kier molecular flexibility index (Phi) is 3.97. The highest BCUT2D eigenvalue weighted by Gasteiger charge is 2.20. The molecule has 0 unspecified atom stereocenters. The molecular formula is C12H7Cl2FN2O2. The zero-order chi connectivity index (χ0) is 14.0. The average molecular weight is 301 g/mol. The molecule has 0 aliphatic rings. The van der Waals surface area contributed by atoms with Gasteiger partial charge in [0.15, 0.2) is 11.5 Å². The first-order valence-corrected chi connectivity index (χ1v) is 5.84. The van der Waals surface area contributed by atoms with Crippen LogP contribution in [0.5, 0.6) is 0 Å². The third-order valence-corrected chi connectivity index (χ3v) is 2.90. The summed E-state index contributed by atoms with van der Waals surface area (Å²) in [7, 11) is 1.14. The summed E-state index contributed by atoms with van der Waals surface area (Å²) >= 11 is 11.7. The number of carbonyl (C=O) groups excluding carboxylic acids is 1. The number of nitrogens with zero attached hydrogens (tertiary/aromatic N) is 2. The molecule has 4 nitrogen and oxygen atoms in total. The van der Waals surface area contributed by atoms with Crippen LogP contribution in [-0.4, -0.2) is 23.0 Å². The monoisotopic (exact) mass is 300 g/mol. The molecule has 0 aliphatic carbocycles. The lowest BCUT2D eigenvalue weighted by molar-refractivity contribution is 0.0588. The summed E-state index contributed by atoms with van der Waals surface area (Å²) in [5, 5.41) is 0.636. The van der Waals surface area contributed by atoms with E-state index in [0.717, 1.165) is 13.4 Å². The Labute approximate surface area is 118 Å². The van der Waals surface area contributed by atoms with Crippen molar-refractivity contribution in [3.8, 4) is 11.3 Å². The van der Waals surface area contributed by atoms with E-state index in [0.29, 0.717) is 10.6 Å². The van der Waals surface area contributed by atoms with E-state index in [1.54, 1.807) is 6.07 Å². The molecule has 1 aromatic heterocycles. The summed E-state index contributed by atoms with van der Waals surface area (Å²) in [5.41, 5.74) is -0.216. The molecule has 7 heteroatoms. The van der Waals surface area contributed by atoms with Gasteiger partial charge >= 0.3 is 5.97 Å². The van der Waals surface area contributed by atoms with Gasteiger partial charge in [-0.25, -0.2) is 19.2 Å². The minimum absolute atomic E-state index is 0.0860. The van der Waals surface area contributed by atoms with Crippen LogP contribution in [0, 0.1) is 5.82 Å². The number of benzene rings is 1. The first-order chi connectivity index (χ1) is 9.04. The second-order valence-corrected chi connectivity index (χ2v) is 4.34. The lowest BCUT2D eigenvalue weighted by Gasteiger charge is -2.07. The molecule has 0 bridgehead atoms. The number of methoxy groups -OCH3 is 1. The van der Waals surface area contributed by atoms with E-state index in [1.165, 1.54) is 12.1 Å². The zero-order valence-corrected chi connectivity index (χ0v) is 11.2. The highest BCUT2D eigenvalue weighted by atomic mass is 35.5. The fraction of sp³-hybridized carbons (Fsp3) is 0.0833. The van der Waals surface area contributed by atoms with Crippen molar-refractivity contribution < 1.29 is 13.9 Å². The lowest BCUT2D eigenvalue weighted by Crippen LogP contribution is -2.09. The Morgan fingerprint density at radius 1 is 1.32 bits per heavy atom. The van der Waals surface area contributed by atoms with Gasteiger partial charge in [-0.3, -0.25) is 0 Å². The van der Waals surface area contributed by atoms with Crippen LogP contribution >= 0.6 is 23.2 Å². The van der Waals surface area contributed by atoms with E-state index in [1.807, 2.05) is 0 Å². The molecule has 1 heterocycles. The lowest BCUT2D eigenvalue weighted by atomic mass is 10.1. The number of hydrogen-bond donors (Lipinski definition) is 0. The van der Waals surface area contributed by atoms with Gasteiger partial charge in [0.1, 0.15) is 12.0 Å². The van der Waals surface area contributed by atoms with Crippen molar-refractivity contribution in [1.29, 1.82) is 0 Å². The molecule has 0 fully saturated rings. The van der Waals surface area contributed by atoms with Crippen molar-refractivity contribution in [2.75, 3.05) is 7.11 Å². The summed E-state index contributed by atoms with van der Waals surface area (Å²) in [6, 6.07) is 4.51. The van der Waals surface area contributed by atoms with Crippen LogP contribution in [0.1, 0.15) is 10.5 Å². The predicted molar refractivity (Wildman–Crippen MR) is 68.8 cm³/mol. The minimum atomic E-state index is -0.890. The Bertz CT molecular complexity index is 650. The summed E-state index contributed by atoms with van der Waals surface area (Å²) in [6.07, 6.45) is 1.07. The summed E-state index contributed by atoms with van der Waals surface area (Å²) in [6.45, 7) is 0. The molecule has 98 valence electrons. The molecule has 1 aromatic carbocycles. The van der Waals surface area contributed by atoms with Crippen LogP contribution < -0.4 is 0 Å². The normalized spacial score (nSPS) is 10.3. The fourth-order valence-corrected chi connectivity index (χ4v) is 1.98. The van der Waals surface area contributed by atoms with Gasteiger partial charge in [-0.2, -0.15) is 0 Å². The predicted octanol–water partition coefficient (Wildman–Crippen LogP) is 3.38. The Hall–Kier alpha value is -1.72. The highest BCUT2D eigenvalue weighted by molar-refractivity contribution is 6.36. The quantitative estimate of drug-likeness (QED) is 0.798. The van der Waals surface area contributed by atoms with Crippen LogP contribution in [0.4, 0.5) is 4.39 Å². The zero-order valence-electron chi connectivity index (χ0n) is 9.65. The molecule has 0 spiro atoms. The third-order valence-electron chi connectivity index (χ3n) is 2.35. The van der Waals surface area contributed by atoms with Gasteiger partial charge in [0.05, 0.1) is 12.1 Å². The largest absolute Gasteiger partial charge is 0.464 e. The summed E-state index contributed by atoms with van der Waals surface area (Å²) in [5.74, 6) is -1.77. The van der Waals surface area contributed by atoms with Crippen LogP contribution in [0.3, 0.4) is 0 Å². The number of halogens is 3. The standard InChI is InChI=1S/C12H7Cl2FN2O2/c1-19-12(18)11-9(15)10(16-5-17-11)7-3-2-6(13)4-8(7)14/h2-5H,1H3. The molecule has 0 amide bonds. The van der Waals surface area contributed by atoms with E-state index in [4.69, 9.17) is 23.2 Å². The number of ether oxygens (including phenoxy) is 1. The van der Waals surface area contributed by atoms with Gasteiger partial charge < -0.3 is 4.74 Å². The number of esters is 1. The van der Waals surface area contributed by atoms with Gasteiger partial charge in [-0.1, -0.05) is 23.2 Å². The fourth-order valence-electron chi connectivity index (χ4n) is 1.48.